The molecular formula is C15H19NO3. The number of hydrogen-bond acceptors (Lipinski definition) is 3. The zero-order valence-corrected chi connectivity index (χ0v) is 11.3. The fourth-order valence-electron chi connectivity index (χ4n) is 1.52. The predicted molar refractivity (Wildman–Crippen MR) is 73.0 cm³/mol. The Morgan fingerprint density at radius 3 is 2.47 bits per heavy atom. The number of amides is 1. The van der Waals surface area contributed by atoms with Crippen molar-refractivity contribution in [2.45, 2.75) is 26.9 Å². The molecule has 0 aliphatic carbocycles. The van der Waals surface area contributed by atoms with Crippen LogP contribution in [0, 0.1) is 5.41 Å². The lowest BCUT2D eigenvalue weighted by molar-refractivity contribution is -0.160. The Kier molecular flexibility index (Phi) is 5.30. The molecule has 1 rings (SSSR count). The molecule has 0 aromatic heterocycles. The van der Waals surface area contributed by atoms with Crippen LogP contribution >= 0.6 is 0 Å². The van der Waals surface area contributed by atoms with Crippen LogP contribution in [0.4, 0.5) is 0 Å². The SMILES string of the molecule is C/C=C/CC(C)(C(N)=O)C(=O)OCc1ccccc1. The van der Waals surface area contributed by atoms with E-state index in [1.165, 1.54) is 6.92 Å². The summed E-state index contributed by atoms with van der Waals surface area (Å²) in [6.07, 6.45) is 3.74. The second kappa shape index (κ2) is 6.73. The van der Waals surface area contributed by atoms with Gasteiger partial charge in [0.15, 0.2) is 0 Å². The molecule has 1 amide bonds. The Hall–Kier alpha value is -2.10. The number of primary amides is 1. The summed E-state index contributed by atoms with van der Waals surface area (Å²) in [5.74, 6) is -1.27. The summed E-state index contributed by atoms with van der Waals surface area (Å²) in [6.45, 7) is 3.46. The average Bonchev–Trinajstić information content (AvgIpc) is 2.42. The molecule has 0 radical (unpaired) electrons. The maximum absolute atomic E-state index is 12.0. The highest BCUT2D eigenvalue weighted by atomic mass is 16.5. The van der Waals surface area contributed by atoms with Gasteiger partial charge < -0.3 is 10.5 Å². The molecule has 1 atom stereocenters. The molecule has 1 unspecified atom stereocenters. The van der Waals surface area contributed by atoms with E-state index < -0.39 is 17.3 Å². The third kappa shape index (κ3) is 3.95. The van der Waals surface area contributed by atoms with Crippen LogP contribution < -0.4 is 5.73 Å². The number of hydrogen-bond donors (Lipinski definition) is 1. The number of carbonyl (C=O) groups excluding carboxylic acids is 2. The van der Waals surface area contributed by atoms with Crippen LogP contribution in [-0.4, -0.2) is 11.9 Å². The quantitative estimate of drug-likeness (QED) is 0.485. The van der Waals surface area contributed by atoms with Crippen molar-refractivity contribution >= 4 is 11.9 Å². The molecule has 102 valence electrons. The summed E-state index contributed by atoms with van der Waals surface area (Å²) in [5.41, 5.74) is 4.86. The van der Waals surface area contributed by atoms with Gasteiger partial charge in [0.25, 0.3) is 0 Å². The second-order valence-corrected chi connectivity index (χ2v) is 4.53. The predicted octanol–water partition coefficient (Wildman–Crippen LogP) is 2.19. The minimum absolute atomic E-state index is 0.137. The Morgan fingerprint density at radius 2 is 1.95 bits per heavy atom. The molecule has 19 heavy (non-hydrogen) atoms. The van der Waals surface area contributed by atoms with E-state index in [4.69, 9.17) is 10.5 Å². The van der Waals surface area contributed by atoms with E-state index in [9.17, 15) is 9.59 Å². The van der Waals surface area contributed by atoms with Crippen LogP contribution in [0.15, 0.2) is 42.5 Å². The molecule has 0 heterocycles. The maximum Gasteiger partial charge on any atom is 0.322 e. The second-order valence-electron chi connectivity index (χ2n) is 4.53. The van der Waals surface area contributed by atoms with Crippen LogP contribution in [0.5, 0.6) is 0 Å². The molecule has 0 fully saturated rings. The topological polar surface area (TPSA) is 69.4 Å². The van der Waals surface area contributed by atoms with Gasteiger partial charge >= 0.3 is 5.97 Å². The van der Waals surface area contributed by atoms with Gasteiger partial charge in [-0.1, -0.05) is 42.5 Å². The van der Waals surface area contributed by atoms with Crippen LogP contribution in [0.1, 0.15) is 25.8 Å². The zero-order chi connectivity index (χ0) is 14.3. The first-order valence-electron chi connectivity index (χ1n) is 6.13. The first-order valence-corrected chi connectivity index (χ1v) is 6.13. The van der Waals surface area contributed by atoms with Crippen molar-refractivity contribution < 1.29 is 14.3 Å². The first kappa shape index (κ1) is 15.0. The average molecular weight is 261 g/mol. The fourth-order valence-corrected chi connectivity index (χ4v) is 1.52. The number of carbonyl (C=O) groups is 2. The summed E-state index contributed by atoms with van der Waals surface area (Å²) in [4.78, 5) is 23.5. The van der Waals surface area contributed by atoms with Gasteiger partial charge in [-0.25, -0.2) is 0 Å². The van der Waals surface area contributed by atoms with E-state index in [1.54, 1.807) is 12.2 Å². The number of rotatable bonds is 6. The molecular weight excluding hydrogens is 242 g/mol. The van der Waals surface area contributed by atoms with Crippen molar-refractivity contribution in [2.75, 3.05) is 0 Å². The largest absolute Gasteiger partial charge is 0.460 e. The number of nitrogens with two attached hydrogens (primary N) is 1. The Bertz CT molecular complexity index is 468. The zero-order valence-electron chi connectivity index (χ0n) is 11.3. The van der Waals surface area contributed by atoms with Gasteiger partial charge in [-0.2, -0.15) is 0 Å². The lowest BCUT2D eigenvalue weighted by Gasteiger charge is -2.22. The van der Waals surface area contributed by atoms with Gasteiger partial charge in [0.1, 0.15) is 12.0 Å². The highest BCUT2D eigenvalue weighted by Gasteiger charge is 2.40. The molecule has 0 spiro atoms. The molecule has 0 aliphatic heterocycles. The number of esters is 1. The third-order valence-electron chi connectivity index (χ3n) is 2.97. The van der Waals surface area contributed by atoms with E-state index in [-0.39, 0.29) is 13.0 Å². The van der Waals surface area contributed by atoms with E-state index in [0.29, 0.717) is 0 Å². The van der Waals surface area contributed by atoms with Crippen molar-refractivity contribution in [2.24, 2.45) is 11.1 Å². The van der Waals surface area contributed by atoms with Crippen molar-refractivity contribution in [3.8, 4) is 0 Å². The smallest absolute Gasteiger partial charge is 0.322 e. The Morgan fingerprint density at radius 1 is 1.32 bits per heavy atom. The summed E-state index contributed by atoms with van der Waals surface area (Å²) in [5, 5.41) is 0. The molecule has 2 N–H and O–H groups in total. The van der Waals surface area contributed by atoms with E-state index in [1.807, 2.05) is 37.3 Å². The first-order chi connectivity index (χ1) is 9.00. The van der Waals surface area contributed by atoms with Crippen molar-refractivity contribution in [3.05, 3.63) is 48.0 Å². The van der Waals surface area contributed by atoms with Crippen LogP contribution in [-0.2, 0) is 20.9 Å². The third-order valence-corrected chi connectivity index (χ3v) is 2.97. The highest BCUT2D eigenvalue weighted by Crippen LogP contribution is 2.24. The van der Waals surface area contributed by atoms with E-state index >= 15 is 0 Å². The molecule has 0 saturated carbocycles. The lowest BCUT2D eigenvalue weighted by Crippen LogP contribution is -2.42. The summed E-state index contributed by atoms with van der Waals surface area (Å²) < 4.78 is 5.18. The number of ether oxygens (including phenoxy) is 1. The van der Waals surface area contributed by atoms with Crippen molar-refractivity contribution in [1.29, 1.82) is 0 Å². The summed E-state index contributed by atoms with van der Waals surface area (Å²) >= 11 is 0. The van der Waals surface area contributed by atoms with Crippen molar-refractivity contribution in [3.63, 3.8) is 0 Å². The van der Waals surface area contributed by atoms with Gasteiger partial charge in [0.2, 0.25) is 5.91 Å². The molecule has 0 aliphatic rings. The molecule has 4 heteroatoms. The van der Waals surface area contributed by atoms with Gasteiger partial charge in [-0.15, -0.1) is 0 Å². The molecule has 0 bridgehead atoms. The standard InChI is InChI=1S/C15H19NO3/c1-3-4-10-15(2,13(16)17)14(18)19-11-12-8-6-5-7-9-12/h3-9H,10-11H2,1-2H3,(H2,16,17)/b4-3+. The molecule has 1 aromatic carbocycles. The summed E-state index contributed by atoms with van der Waals surface area (Å²) in [7, 11) is 0. The van der Waals surface area contributed by atoms with E-state index in [2.05, 4.69) is 0 Å². The van der Waals surface area contributed by atoms with Gasteiger partial charge in [0, 0.05) is 0 Å². The van der Waals surface area contributed by atoms with Crippen LogP contribution in [0.2, 0.25) is 0 Å². The molecule has 4 nitrogen and oxygen atoms in total. The van der Waals surface area contributed by atoms with Crippen molar-refractivity contribution in [1.82, 2.24) is 0 Å². The normalized spacial score (nSPS) is 14.0. The van der Waals surface area contributed by atoms with Gasteiger partial charge in [0.05, 0.1) is 0 Å². The number of benzene rings is 1. The fraction of sp³-hybridized carbons (Fsp3) is 0.333. The minimum Gasteiger partial charge on any atom is -0.460 e. The van der Waals surface area contributed by atoms with Gasteiger partial charge in [-0.3, -0.25) is 9.59 Å². The molecule has 1 aromatic rings. The van der Waals surface area contributed by atoms with Crippen LogP contribution in [0.3, 0.4) is 0 Å². The number of allylic oxidation sites excluding steroid dienone is 2. The highest BCUT2D eigenvalue weighted by molar-refractivity contribution is 6.01. The lowest BCUT2D eigenvalue weighted by atomic mass is 9.86. The van der Waals surface area contributed by atoms with Gasteiger partial charge in [-0.05, 0) is 25.8 Å². The van der Waals surface area contributed by atoms with Crippen LogP contribution in [0.25, 0.3) is 0 Å². The monoisotopic (exact) mass is 261 g/mol. The Balaban J connectivity index is 2.70. The summed E-state index contributed by atoms with van der Waals surface area (Å²) in [6, 6.07) is 9.29. The maximum atomic E-state index is 12.0. The minimum atomic E-state index is -1.32. The van der Waals surface area contributed by atoms with E-state index in [0.717, 1.165) is 5.56 Å². The molecule has 0 saturated heterocycles. The Labute approximate surface area is 113 Å².